The van der Waals surface area contributed by atoms with E-state index >= 15 is 0 Å². The molecule has 46 heavy (non-hydrogen) atoms. The van der Waals surface area contributed by atoms with Crippen LogP contribution in [0.2, 0.25) is 10.0 Å². The van der Waals surface area contributed by atoms with E-state index in [-0.39, 0.29) is 23.8 Å². The molecule has 11 heteroatoms. The van der Waals surface area contributed by atoms with Crippen molar-refractivity contribution in [2.75, 3.05) is 54.6 Å². The van der Waals surface area contributed by atoms with Crippen molar-refractivity contribution in [3.63, 3.8) is 0 Å². The number of hydrogen-bond acceptors (Lipinski definition) is 7. The first-order chi connectivity index (χ1) is 22.1. The number of rotatable bonds is 10. The largest absolute Gasteiger partial charge is 0.497 e. The Morgan fingerprint density at radius 3 is 2.22 bits per heavy atom. The van der Waals surface area contributed by atoms with Gasteiger partial charge in [0, 0.05) is 37.2 Å². The lowest BCUT2D eigenvalue weighted by atomic mass is 9.62. The third kappa shape index (κ3) is 6.20. The lowest BCUT2D eigenvalue weighted by Crippen LogP contribution is -2.57. The number of hydrogen-bond donors (Lipinski definition) is 1. The maximum atomic E-state index is 13.7. The van der Waals surface area contributed by atoms with E-state index in [2.05, 4.69) is 11.8 Å². The van der Waals surface area contributed by atoms with Gasteiger partial charge in [0.15, 0.2) is 11.5 Å². The first-order valence-electron chi connectivity index (χ1n) is 15.3. The highest BCUT2D eigenvalue weighted by molar-refractivity contribution is 6.42. The number of primary amides is 1. The molecule has 0 aromatic heterocycles. The van der Waals surface area contributed by atoms with Crippen LogP contribution in [0.3, 0.4) is 0 Å². The molecule has 4 unspecified atom stereocenters. The predicted molar refractivity (Wildman–Crippen MR) is 179 cm³/mol. The summed E-state index contributed by atoms with van der Waals surface area (Å²) in [4.78, 5) is 31.5. The highest BCUT2D eigenvalue weighted by atomic mass is 35.5. The lowest BCUT2D eigenvalue weighted by molar-refractivity contribution is -0.126. The van der Waals surface area contributed by atoms with Crippen molar-refractivity contribution in [3.05, 3.63) is 81.3 Å². The minimum atomic E-state index is -0.994. The van der Waals surface area contributed by atoms with Gasteiger partial charge in [-0.15, -0.1) is 0 Å². The quantitative estimate of drug-likeness (QED) is 0.291. The molecule has 3 aromatic carbocycles. The van der Waals surface area contributed by atoms with Crippen molar-refractivity contribution in [3.8, 4) is 23.0 Å². The van der Waals surface area contributed by atoms with Crippen molar-refractivity contribution in [2.24, 2.45) is 11.7 Å². The van der Waals surface area contributed by atoms with Crippen LogP contribution < -0.4 is 24.7 Å². The van der Waals surface area contributed by atoms with Crippen LogP contribution >= 0.6 is 23.2 Å². The zero-order valence-corrected chi connectivity index (χ0v) is 28.4. The molecule has 2 aliphatic rings. The Morgan fingerprint density at radius 1 is 0.891 bits per heavy atom. The number of ether oxygens (including phenoxy) is 4. The SMILES string of the molecule is COc1cccc(C2(C(N)=O)CCN(C(C)C3CCN(C(=O)c4cc(OC)c(OC)c(OC)c4)C3)CC2c2ccc(Cl)c(Cl)c2)c1. The molecule has 0 bridgehead atoms. The summed E-state index contributed by atoms with van der Waals surface area (Å²) >= 11 is 12.8. The van der Waals surface area contributed by atoms with Gasteiger partial charge in [0.1, 0.15) is 5.75 Å². The highest BCUT2D eigenvalue weighted by Crippen LogP contribution is 2.48. The van der Waals surface area contributed by atoms with Gasteiger partial charge in [-0.05, 0) is 79.8 Å². The van der Waals surface area contributed by atoms with E-state index in [1.165, 1.54) is 21.3 Å². The Bertz CT molecular complexity index is 1580. The van der Waals surface area contributed by atoms with Crippen LogP contribution in [0, 0.1) is 5.92 Å². The number of amides is 2. The summed E-state index contributed by atoms with van der Waals surface area (Å²) in [5.74, 6) is 1.40. The van der Waals surface area contributed by atoms with E-state index in [0.29, 0.717) is 71.2 Å². The summed E-state index contributed by atoms with van der Waals surface area (Å²) in [6.45, 7) is 4.64. The number of benzene rings is 3. The molecule has 2 saturated heterocycles. The monoisotopic (exact) mass is 669 g/mol. The third-order valence-electron chi connectivity index (χ3n) is 9.86. The number of carbonyl (C=O) groups excluding carboxylic acids is 2. The molecule has 0 aliphatic carbocycles. The van der Waals surface area contributed by atoms with E-state index in [4.69, 9.17) is 47.9 Å². The fraction of sp³-hybridized carbons (Fsp3) is 0.429. The maximum absolute atomic E-state index is 13.7. The number of halogens is 2. The van der Waals surface area contributed by atoms with E-state index in [1.54, 1.807) is 25.3 Å². The summed E-state index contributed by atoms with van der Waals surface area (Å²) in [6, 6.07) is 16.6. The Hall–Kier alpha value is -3.66. The molecule has 2 amide bonds. The number of nitrogens with zero attached hydrogens (tertiary/aromatic N) is 2. The Kier molecular flexibility index (Phi) is 10.2. The van der Waals surface area contributed by atoms with E-state index in [0.717, 1.165) is 17.5 Å². The minimum absolute atomic E-state index is 0.0907. The van der Waals surface area contributed by atoms with Crippen molar-refractivity contribution in [1.82, 2.24) is 9.80 Å². The van der Waals surface area contributed by atoms with Gasteiger partial charge in [-0.25, -0.2) is 0 Å². The molecule has 246 valence electrons. The highest BCUT2D eigenvalue weighted by Gasteiger charge is 2.51. The average Bonchev–Trinajstić information content (AvgIpc) is 3.58. The average molecular weight is 671 g/mol. The molecule has 0 radical (unpaired) electrons. The molecule has 3 aromatic rings. The van der Waals surface area contributed by atoms with E-state index < -0.39 is 11.3 Å². The molecule has 4 atom stereocenters. The zero-order chi connectivity index (χ0) is 33.2. The molecule has 2 N–H and O–H groups in total. The molecule has 2 aliphatic heterocycles. The molecule has 0 spiro atoms. The summed E-state index contributed by atoms with van der Waals surface area (Å²) in [6.07, 6.45) is 1.35. The summed E-state index contributed by atoms with van der Waals surface area (Å²) < 4.78 is 21.9. The smallest absolute Gasteiger partial charge is 0.254 e. The van der Waals surface area contributed by atoms with Gasteiger partial charge in [0.25, 0.3) is 5.91 Å². The molecule has 2 heterocycles. The first kappa shape index (κ1) is 33.7. The fourth-order valence-corrected chi connectivity index (χ4v) is 7.51. The normalized spacial score (nSPS) is 22.3. The number of carbonyl (C=O) groups is 2. The summed E-state index contributed by atoms with van der Waals surface area (Å²) in [5, 5.41) is 0.866. The summed E-state index contributed by atoms with van der Waals surface area (Å²) in [7, 11) is 6.20. The standard InChI is InChI=1S/C35H41Cl2N3O6/c1-21(23-11-13-40(19-23)33(41)24-16-30(44-3)32(46-5)31(17-24)45-4)39-14-12-35(34(38)42,25-7-6-8-26(18-25)43-2)27(20-39)22-9-10-28(36)29(37)15-22/h6-10,15-18,21,23,27H,11-14,19-20H2,1-5H3,(H2,38,42). The second kappa shape index (κ2) is 14.0. The second-order valence-corrected chi connectivity index (χ2v) is 12.8. The number of nitrogens with two attached hydrogens (primary N) is 1. The Balaban J connectivity index is 1.41. The lowest BCUT2D eigenvalue weighted by Gasteiger charge is -2.49. The van der Waals surface area contributed by atoms with Crippen LogP contribution in [0.25, 0.3) is 0 Å². The van der Waals surface area contributed by atoms with Gasteiger partial charge >= 0.3 is 0 Å². The number of methoxy groups -OCH3 is 4. The third-order valence-corrected chi connectivity index (χ3v) is 10.6. The topological polar surface area (TPSA) is 104 Å². The zero-order valence-electron chi connectivity index (χ0n) is 26.8. The van der Waals surface area contributed by atoms with E-state index in [9.17, 15) is 9.59 Å². The number of piperidine rings is 1. The fourth-order valence-electron chi connectivity index (χ4n) is 7.20. The molecule has 5 rings (SSSR count). The van der Waals surface area contributed by atoms with Gasteiger partial charge < -0.3 is 29.6 Å². The Morgan fingerprint density at radius 2 is 1.61 bits per heavy atom. The summed E-state index contributed by atoms with van der Waals surface area (Å²) in [5.41, 5.74) is 7.49. The maximum Gasteiger partial charge on any atom is 0.254 e. The van der Waals surface area contributed by atoms with Crippen molar-refractivity contribution in [2.45, 2.75) is 37.1 Å². The van der Waals surface area contributed by atoms with Crippen LogP contribution in [-0.4, -0.2) is 82.3 Å². The molecule has 9 nitrogen and oxygen atoms in total. The molecular formula is C35H41Cl2N3O6. The second-order valence-electron chi connectivity index (χ2n) is 12.0. The van der Waals surface area contributed by atoms with Crippen molar-refractivity contribution in [1.29, 1.82) is 0 Å². The van der Waals surface area contributed by atoms with Crippen LogP contribution in [-0.2, 0) is 10.2 Å². The van der Waals surface area contributed by atoms with Crippen LogP contribution in [0.5, 0.6) is 23.0 Å². The van der Waals surface area contributed by atoms with Gasteiger partial charge in [-0.2, -0.15) is 0 Å². The van der Waals surface area contributed by atoms with Gasteiger partial charge in [-0.1, -0.05) is 41.4 Å². The molecular weight excluding hydrogens is 629 g/mol. The first-order valence-corrected chi connectivity index (χ1v) is 16.1. The minimum Gasteiger partial charge on any atom is -0.497 e. The molecule has 0 saturated carbocycles. The van der Waals surface area contributed by atoms with Gasteiger partial charge in [0.05, 0.1) is 43.9 Å². The van der Waals surface area contributed by atoms with Crippen molar-refractivity contribution < 1.29 is 28.5 Å². The van der Waals surface area contributed by atoms with Gasteiger partial charge in [0.2, 0.25) is 11.7 Å². The van der Waals surface area contributed by atoms with Gasteiger partial charge in [-0.3, -0.25) is 14.5 Å². The van der Waals surface area contributed by atoms with Crippen LogP contribution in [0.4, 0.5) is 0 Å². The van der Waals surface area contributed by atoms with Crippen LogP contribution in [0.1, 0.15) is 47.2 Å². The molecule has 2 fully saturated rings. The predicted octanol–water partition coefficient (Wildman–Crippen LogP) is 5.79. The van der Waals surface area contributed by atoms with E-state index in [1.807, 2.05) is 41.3 Å². The van der Waals surface area contributed by atoms with Crippen molar-refractivity contribution >= 4 is 35.0 Å². The Labute approximate surface area is 280 Å². The number of likely N-dealkylation sites (tertiary alicyclic amines) is 2. The van der Waals surface area contributed by atoms with Crippen LogP contribution in [0.15, 0.2) is 54.6 Å².